The largest absolute Gasteiger partial charge is 0.507 e. The zero-order valence-electron chi connectivity index (χ0n) is 22.6. The minimum absolute atomic E-state index is 0.00659. The molecule has 11 nitrogen and oxygen atoms in total. The fourth-order valence-corrected chi connectivity index (χ4v) is 5.84. The van der Waals surface area contributed by atoms with Gasteiger partial charge in [0.15, 0.2) is 17.9 Å². The van der Waals surface area contributed by atoms with Crippen molar-refractivity contribution in [3.8, 4) is 17.2 Å². The van der Waals surface area contributed by atoms with Crippen LogP contribution in [-0.2, 0) is 20.7 Å². The van der Waals surface area contributed by atoms with Crippen LogP contribution in [0, 0.1) is 0 Å². The van der Waals surface area contributed by atoms with E-state index in [2.05, 4.69) is 0 Å². The number of Topliss-reactive ketones (excluding diaryl/α,β-unsaturated/α-hetero) is 1. The molecular weight excluding hydrogens is 522 g/mol. The first-order valence-corrected chi connectivity index (χ1v) is 13.2. The summed E-state index contributed by atoms with van der Waals surface area (Å²) in [5.41, 5.74) is 3.02. The Morgan fingerprint density at radius 2 is 1.80 bits per heavy atom. The second-order valence-corrected chi connectivity index (χ2v) is 11.1. The van der Waals surface area contributed by atoms with Gasteiger partial charge in [0.2, 0.25) is 5.78 Å². The zero-order chi connectivity index (χ0) is 29.3. The maximum atomic E-state index is 13.9. The molecule has 2 aromatic carbocycles. The molecule has 1 aliphatic heterocycles. The first-order chi connectivity index (χ1) is 18.7. The van der Waals surface area contributed by atoms with Gasteiger partial charge < -0.3 is 40.4 Å². The second kappa shape index (κ2) is 9.93. The van der Waals surface area contributed by atoms with Gasteiger partial charge in [0.25, 0.3) is 0 Å². The lowest BCUT2D eigenvalue weighted by Crippen LogP contribution is -2.52. The SMILES string of the molecule is CC(=O)[C@]1(O)Cc2c(O)c3c(c(O)c2[C@@H](OC2CC(N)C(O)C(C)O2)C1)C(=O)c1c(OC(C)C)cccc1C3=O. The van der Waals surface area contributed by atoms with E-state index in [0.29, 0.717) is 0 Å². The van der Waals surface area contributed by atoms with Gasteiger partial charge in [-0.25, -0.2) is 0 Å². The van der Waals surface area contributed by atoms with Crippen molar-refractivity contribution in [3.63, 3.8) is 0 Å². The van der Waals surface area contributed by atoms with Crippen LogP contribution >= 0.6 is 0 Å². The highest BCUT2D eigenvalue weighted by Gasteiger charge is 2.49. The summed E-state index contributed by atoms with van der Waals surface area (Å²) in [6.07, 6.45) is -4.86. The van der Waals surface area contributed by atoms with Crippen LogP contribution < -0.4 is 10.5 Å². The molecule has 0 radical (unpaired) electrons. The molecule has 3 aliphatic rings. The van der Waals surface area contributed by atoms with Crippen molar-refractivity contribution in [3.05, 3.63) is 51.6 Å². The van der Waals surface area contributed by atoms with Gasteiger partial charge in [0.1, 0.15) is 22.8 Å². The van der Waals surface area contributed by atoms with Gasteiger partial charge in [-0.3, -0.25) is 14.4 Å². The Morgan fingerprint density at radius 1 is 1.12 bits per heavy atom. The average Bonchev–Trinajstić information content (AvgIpc) is 2.87. The maximum Gasteiger partial charge on any atom is 0.202 e. The Morgan fingerprint density at radius 3 is 2.42 bits per heavy atom. The number of aliphatic hydroxyl groups is 2. The van der Waals surface area contributed by atoms with Crippen molar-refractivity contribution in [2.24, 2.45) is 5.73 Å². The van der Waals surface area contributed by atoms with Crippen LogP contribution in [0.15, 0.2) is 18.2 Å². The number of nitrogens with two attached hydrogens (primary N) is 1. The number of phenolic OH excluding ortho intramolecular Hbond substituents is 2. The molecule has 214 valence electrons. The third kappa shape index (κ3) is 4.38. The van der Waals surface area contributed by atoms with Crippen molar-refractivity contribution < 1.29 is 49.0 Å². The molecule has 0 saturated carbocycles. The van der Waals surface area contributed by atoms with Gasteiger partial charge in [-0.2, -0.15) is 0 Å². The molecule has 5 rings (SSSR count). The summed E-state index contributed by atoms with van der Waals surface area (Å²) < 4.78 is 17.6. The lowest BCUT2D eigenvalue weighted by atomic mass is 9.72. The minimum atomic E-state index is -2.00. The Balaban J connectivity index is 1.67. The van der Waals surface area contributed by atoms with E-state index in [0.717, 1.165) is 0 Å². The third-order valence-electron chi connectivity index (χ3n) is 7.94. The van der Waals surface area contributed by atoms with E-state index in [-0.39, 0.29) is 46.9 Å². The Hall–Kier alpha value is -3.35. The Kier molecular flexibility index (Phi) is 7.00. The molecule has 40 heavy (non-hydrogen) atoms. The third-order valence-corrected chi connectivity index (χ3v) is 7.94. The van der Waals surface area contributed by atoms with Crippen molar-refractivity contribution >= 4 is 17.3 Å². The number of phenols is 2. The van der Waals surface area contributed by atoms with Crippen molar-refractivity contribution in [1.29, 1.82) is 0 Å². The first-order valence-electron chi connectivity index (χ1n) is 13.2. The number of ether oxygens (including phenoxy) is 3. The molecule has 1 heterocycles. The molecule has 0 bridgehead atoms. The number of hydrogen-bond donors (Lipinski definition) is 5. The topological polar surface area (TPSA) is 186 Å². The molecule has 0 aromatic heterocycles. The van der Waals surface area contributed by atoms with Gasteiger partial charge >= 0.3 is 0 Å². The number of fused-ring (bicyclic) bond motifs is 3. The van der Waals surface area contributed by atoms with Crippen LogP contribution in [0.2, 0.25) is 0 Å². The monoisotopic (exact) mass is 555 g/mol. The summed E-state index contributed by atoms with van der Waals surface area (Å²) in [7, 11) is 0. The molecule has 1 saturated heterocycles. The number of hydrogen-bond acceptors (Lipinski definition) is 11. The van der Waals surface area contributed by atoms with E-state index in [1.807, 2.05) is 0 Å². The zero-order valence-corrected chi connectivity index (χ0v) is 22.6. The minimum Gasteiger partial charge on any atom is -0.507 e. The van der Waals surface area contributed by atoms with Gasteiger partial charge in [-0.05, 0) is 33.8 Å². The summed E-state index contributed by atoms with van der Waals surface area (Å²) >= 11 is 0. The fourth-order valence-electron chi connectivity index (χ4n) is 5.84. The number of benzene rings is 2. The van der Waals surface area contributed by atoms with E-state index in [9.17, 15) is 34.8 Å². The fraction of sp³-hybridized carbons (Fsp3) is 0.483. The summed E-state index contributed by atoms with van der Waals surface area (Å²) in [6, 6.07) is 3.83. The predicted molar refractivity (Wildman–Crippen MR) is 140 cm³/mol. The van der Waals surface area contributed by atoms with E-state index in [1.165, 1.54) is 13.0 Å². The molecule has 1 fully saturated rings. The van der Waals surface area contributed by atoms with E-state index in [1.54, 1.807) is 32.9 Å². The van der Waals surface area contributed by atoms with Crippen molar-refractivity contribution in [1.82, 2.24) is 0 Å². The molecule has 0 spiro atoms. The second-order valence-electron chi connectivity index (χ2n) is 11.1. The Labute approximate surface area is 230 Å². The van der Waals surface area contributed by atoms with E-state index < -0.39 is 82.6 Å². The van der Waals surface area contributed by atoms with Crippen molar-refractivity contribution in [2.75, 3.05) is 0 Å². The van der Waals surface area contributed by atoms with Crippen LogP contribution in [0.4, 0.5) is 0 Å². The summed E-state index contributed by atoms with van der Waals surface area (Å²) in [4.78, 5) is 40.0. The van der Waals surface area contributed by atoms with Crippen LogP contribution in [0.1, 0.15) is 89.6 Å². The molecule has 4 unspecified atom stereocenters. The molecule has 6 N–H and O–H groups in total. The molecule has 11 heteroatoms. The molecule has 6 atom stereocenters. The van der Waals surface area contributed by atoms with Gasteiger partial charge in [-0.1, -0.05) is 12.1 Å². The molecule has 2 aromatic rings. The highest BCUT2D eigenvalue weighted by molar-refractivity contribution is 6.31. The number of aliphatic hydroxyl groups excluding tert-OH is 1. The molecule has 2 aliphatic carbocycles. The lowest BCUT2D eigenvalue weighted by Gasteiger charge is -2.42. The quantitative estimate of drug-likeness (QED) is 0.289. The summed E-state index contributed by atoms with van der Waals surface area (Å²) in [5, 5.41) is 44.4. The van der Waals surface area contributed by atoms with E-state index >= 15 is 0 Å². The van der Waals surface area contributed by atoms with E-state index in [4.69, 9.17) is 19.9 Å². The Bertz CT molecular complexity index is 1410. The smallest absolute Gasteiger partial charge is 0.202 e. The lowest BCUT2D eigenvalue weighted by molar-refractivity contribution is -0.247. The first kappa shape index (κ1) is 28.2. The molecule has 0 amide bonds. The van der Waals surface area contributed by atoms with Gasteiger partial charge in [-0.15, -0.1) is 0 Å². The number of rotatable bonds is 5. The summed E-state index contributed by atoms with van der Waals surface area (Å²) in [5.74, 6) is -3.13. The van der Waals surface area contributed by atoms with Crippen LogP contribution in [0.25, 0.3) is 0 Å². The average molecular weight is 556 g/mol. The standard InChI is InChI=1S/C29H33NO10/c1-11(2)38-17-7-5-6-14-20(17)27(35)23-22(25(14)33)26(34)15-9-29(37,13(4)31)10-18(21(15)28(23)36)40-19-8-16(30)24(32)12(3)39-19/h5-7,11-12,16,18-19,24,32,34,36-37H,8-10,30H2,1-4H3/t12?,16?,18-,19?,24?,29-/m0/s1. The summed E-state index contributed by atoms with van der Waals surface area (Å²) in [6.45, 7) is 6.32. The highest BCUT2D eigenvalue weighted by atomic mass is 16.7. The van der Waals surface area contributed by atoms with Crippen LogP contribution in [-0.4, -0.2) is 74.0 Å². The number of carbonyl (C=O) groups is 3. The highest BCUT2D eigenvalue weighted by Crippen LogP contribution is 2.52. The van der Waals surface area contributed by atoms with Crippen LogP contribution in [0.3, 0.4) is 0 Å². The number of ketones is 3. The molecular formula is C29H33NO10. The number of carbonyl (C=O) groups excluding carboxylic acids is 3. The van der Waals surface area contributed by atoms with Gasteiger partial charge in [0, 0.05) is 42.0 Å². The van der Waals surface area contributed by atoms with Crippen LogP contribution in [0.5, 0.6) is 17.2 Å². The normalized spacial score (nSPS) is 29.6. The number of aromatic hydroxyl groups is 2. The predicted octanol–water partition coefficient (Wildman–Crippen LogP) is 1.81. The maximum absolute atomic E-state index is 13.9. The van der Waals surface area contributed by atoms with Crippen molar-refractivity contribution in [2.45, 2.75) is 89.3 Å². The van der Waals surface area contributed by atoms with Gasteiger partial charge in [0.05, 0.1) is 41.1 Å².